The van der Waals surface area contributed by atoms with E-state index in [1.54, 1.807) is 24.3 Å². The number of hydrogen-bond acceptors (Lipinski definition) is 4. The molecular weight excluding hydrogens is 454 g/mol. The molecule has 0 amide bonds. The van der Waals surface area contributed by atoms with E-state index in [4.69, 9.17) is 0 Å². The van der Waals surface area contributed by atoms with E-state index in [9.17, 15) is 31.1 Å². The van der Waals surface area contributed by atoms with Gasteiger partial charge in [0.05, 0.1) is 23.5 Å². The first-order chi connectivity index (χ1) is 14.3. The number of nitrogens with zero attached hydrogens (tertiary/aromatic N) is 1. The summed E-state index contributed by atoms with van der Waals surface area (Å²) in [6, 6.07) is 9.46. The first-order valence-electron chi connectivity index (χ1n) is 9.36. The summed E-state index contributed by atoms with van der Waals surface area (Å²) in [5, 5.41) is 11.7. The van der Waals surface area contributed by atoms with E-state index in [0.29, 0.717) is 23.1 Å². The fraction of sp³-hybridized carbons (Fsp3) is 0.333. The molecule has 0 fully saturated rings. The van der Waals surface area contributed by atoms with Crippen molar-refractivity contribution in [2.24, 2.45) is 0 Å². The maximum atomic E-state index is 13.7. The van der Waals surface area contributed by atoms with E-state index in [2.05, 4.69) is 0 Å². The van der Waals surface area contributed by atoms with E-state index in [0.717, 1.165) is 26.4 Å². The fourth-order valence-electron chi connectivity index (χ4n) is 3.31. The highest BCUT2D eigenvalue weighted by Crippen LogP contribution is 2.45. The number of sulfonamides is 1. The average molecular weight is 476 g/mol. The fourth-order valence-corrected chi connectivity index (χ4v) is 6.02. The lowest BCUT2D eigenvalue weighted by atomic mass is 9.96. The largest absolute Gasteiger partial charge is 0.419 e. The normalized spacial score (nSPS) is 13.0. The van der Waals surface area contributed by atoms with Gasteiger partial charge in [-0.2, -0.15) is 13.2 Å². The second-order valence-corrected chi connectivity index (χ2v) is 10.8. The van der Waals surface area contributed by atoms with Crippen LogP contribution in [0.3, 0.4) is 0 Å². The molecule has 0 saturated heterocycles. The summed E-state index contributed by atoms with van der Waals surface area (Å²) in [5.41, 5.74) is -2.54. The maximum absolute atomic E-state index is 13.7. The third-order valence-electron chi connectivity index (χ3n) is 4.78. The quantitative estimate of drug-likeness (QED) is 0.469. The highest BCUT2D eigenvalue weighted by atomic mass is 32.2. The van der Waals surface area contributed by atoms with Crippen LogP contribution in [0, 0.1) is 5.82 Å². The van der Waals surface area contributed by atoms with E-state index in [1.807, 2.05) is 0 Å². The Morgan fingerprint density at radius 1 is 1.10 bits per heavy atom. The van der Waals surface area contributed by atoms with Gasteiger partial charge in [-0.1, -0.05) is 24.3 Å². The SMILES string of the molecule is CCS(=O)(=O)N(Cc1ccc(F)c(C(F)(F)F)c1)c1sc2ccccc2c1C(C)(C)O. The number of aliphatic hydroxyl groups is 1. The zero-order valence-electron chi connectivity index (χ0n) is 17.0. The number of halogens is 4. The van der Waals surface area contributed by atoms with Gasteiger partial charge in [0.15, 0.2) is 0 Å². The van der Waals surface area contributed by atoms with Crippen LogP contribution in [0.1, 0.15) is 37.5 Å². The van der Waals surface area contributed by atoms with Crippen molar-refractivity contribution in [2.45, 2.75) is 39.1 Å². The molecule has 10 heteroatoms. The highest BCUT2D eigenvalue weighted by Gasteiger charge is 2.36. The zero-order chi connectivity index (χ0) is 23.2. The van der Waals surface area contributed by atoms with Crippen LogP contribution in [-0.2, 0) is 28.3 Å². The van der Waals surface area contributed by atoms with Gasteiger partial charge in [0.25, 0.3) is 0 Å². The third kappa shape index (κ3) is 4.70. The summed E-state index contributed by atoms with van der Waals surface area (Å²) in [7, 11) is -3.94. The van der Waals surface area contributed by atoms with Crippen LogP contribution in [0.2, 0.25) is 0 Å². The minimum atomic E-state index is -4.91. The summed E-state index contributed by atoms with van der Waals surface area (Å²) in [6.45, 7) is 4.02. The summed E-state index contributed by atoms with van der Waals surface area (Å²) in [5.74, 6) is -1.74. The molecule has 0 saturated carbocycles. The molecule has 31 heavy (non-hydrogen) atoms. The lowest BCUT2D eigenvalue weighted by Gasteiger charge is -2.28. The topological polar surface area (TPSA) is 57.6 Å². The molecule has 0 atom stereocenters. The Morgan fingerprint density at radius 2 is 1.74 bits per heavy atom. The molecule has 0 unspecified atom stereocenters. The molecule has 2 aromatic carbocycles. The van der Waals surface area contributed by atoms with Crippen molar-refractivity contribution in [3.05, 3.63) is 65.0 Å². The number of alkyl halides is 3. The number of hydrogen-bond donors (Lipinski definition) is 1. The van der Waals surface area contributed by atoms with Crippen molar-refractivity contribution < 1.29 is 31.1 Å². The predicted octanol–water partition coefficient (Wildman–Crippen LogP) is 5.64. The van der Waals surface area contributed by atoms with Gasteiger partial charge in [-0.25, -0.2) is 12.8 Å². The van der Waals surface area contributed by atoms with Crippen molar-refractivity contribution >= 4 is 36.4 Å². The van der Waals surface area contributed by atoms with Crippen molar-refractivity contribution in [2.75, 3.05) is 10.1 Å². The molecule has 3 rings (SSSR count). The number of fused-ring (bicyclic) bond motifs is 1. The molecule has 1 heterocycles. The lowest BCUT2D eigenvalue weighted by Crippen LogP contribution is -2.33. The molecule has 0 bridgehead atoms. The van der Waals surface area contributed by atoms with Gasteiger partial charge < -0.3 is 5.11 Å². The van der Waals surface area contributed by atoms with Gasteiger partial charge in [0.1, 0.15) is 10.8 Å². The first-order valence-corrected chi connectivity index (χ1v) is 11.8. The Hall–Kier alpha value is -2.17. The molecule has 3 aromatic rings. The van der Waals surface area contributed by atoms with Gasteiger partial charge in [0.2, 0.25) is 10.0 Å². The van der Waals surface area contributed by atoms with Crippen LogP contribution < -0.4 is 4.31 Å². The monoisotopic (exact) mass is 475 g/mol. The average Bonchev–Trinajstić information content (AvgIpc) is 3.05. The number of thiophene rings is 1. The van der Waals surface area contributed by atoms with Crippen molar-refractivity contribution in [3.8, 4) is 0 Å². The smallest absolute Gasteiger partial charge is 0.386 e. The second kappa shape index (κ2) is 8.07. The molecule has 4 nitrogen and oxygen atoms in total. The zero-order valence-corrected chi connectivity index (χ0v) is 18.6. The number of rotatable bonds is 6. The van der Waals surface area contributed by atoms with Crippen LogP contribution in [0.25, 0.3) is 10.1 Å². The molecule has 168 valence electrons. The second-order valence-electron chi connectivity index (χ2n) is 7.56. The summed E-state index contributed by atoms with van der Waals surface area (Å²) in [4.78, 5) is 0. The van der Waals surface area contributed by atoms with Crippen LogP contribution in [0.5, 0.6) is 0 Å². The molecule has 0 radical (unpaired) electrons. The van der Waals surface area contributed by atoms with Crippen LogP contribution >= 0.6 is 11.3 Å². The van der Waals surface area contributed by atoms with Gasteiger partial charge >= 0.3 is 6.18 Å². The molecule has 1 N–H and O–H groups in total. The maximum Gasteiger partial charge on any atom is 0.419 e. The minimum absolute atomic E-state index is 0.0232. The molecule has 0 aliphatic heterocycles. The highest BCUT2D eigenvalue weighted by molar-refractivity contribution is 7.92. The van der Waals surface area contributed by atoms with E-state index in [-0.39, 0.29) is 16.3 Å². The van der Waals surface area contributed by atoms with E-state index >= 15 is 0 Å². The first kappa shape index (κ1) is 23.5. The van der Waals surface area contributed by atoms with Crippen molar-refractivity contribution in [1.82, 2.24) is 0 Å². The van der Waals surface area contributed by atoms with Crippen LogP contribution in [0.4, 0.5) is 22.6 Å². The van der Waals surface area contributed by atoms with Crippen molar-refractivity contribution in [1.29, 1.82) is 0 Å². The number of benzene rings is 2. The summed E-state index contributed by atoms with van der Waals surface area (Å²) in [6.07, 6.45) is -4.91. The number of anilines is 1. The molecule has 1 aromatic heterocycles. The summed E-state index contributed by atoms with van der Waals surface area (Å²) >= 11 is 1.12. The van der Waals surface area contributed by atoms with Gasteiger partial charge in [-0.15, -0.1) is 11.3 Å². The van der Waals surface area contributed by atoms with Crippen LogP contribution in [0.15, 0.2) is 42.5 Å². The Labute approximate surface area is 181 Å². The Morgan fingerprint density at radius 3 is 2.32 bits per heavy atom. The summed E-state index contributed by atoms with van der Waals surface area (Å²) < 4.78 is 80.8. The molecule has 0 aliphatic carbocycles. The van der Waals surface area contributed by atoms with Crippen molar-refractivity contribution in [3.63, 3.8) is 0 Å². The molecular formula is C21H21F4NO3S2. The van der Waals surface area contributed by atoms with Gasteiger partial charge in [0, 0.05) is 15.6 Å². The van der Waals surface area contributed by atoms with Gasteiger partial charge in [-0.3, -0.25) is 4.31 Å². The van der Waals surface area contributed by atoms with E-state index < -0.39 is 39.7 Å². The standard InChI is InChI=1S/C21H21F4NO3S2/c1-4-31(28,29)26(12-13-9-10-16(22)15(11-13)21(23,24)25)19-18(20(2,3)27)14-7-5-6-8-17(14)30-19/h5-11,27H,4,12H2,1-3H3. The molecule has 0 aliphatic rings. The predicted molar refractivity (Wildman–Crippen MR) is 114 cm³/mol. The van der Waals surface area contributed by atoms with Gasteiger partial charge in [-0.05, 0) is 44.5 Å². The minimum Gasteiger partial charge on any atom is -0.386 e. The molecule has 0 spiro atoms. The third-order valence-corrected chi connectivity index (χ3v) is 7.80. The Bertz CT molecular complexity index is 1210. The Kier molecular flexibility index (Phi) is 6.11. The van der Waals surface area contributed by atoms with E-state index in [1.165, 1.54) is 20.8 Å². The van der Waals surface area contributed by atoms with Crippen LogP contribution in [-0.4, -0.2) is 19.3 Å². The lowest BCUT2D eigenvalue weighted by molar-refractivity contribution is -0.140. The Balaban J connectivity index is 2.22.